The highest BCUT2D eigenvalue weighted by atomic mass is 32.2. The second-order valence-electron chi connectivity index (χ2n) is 4.09. The number of nitriles is 1. The molecule has 0 radical (unpaired) electrons. The third-order valence-corrected chi connectivity index (χ3v) is 5.69. The maximum atomic E-state index is 11.9. The van der Waals surface area contributed by atoms with Crippen molar-refractivity contribution in [3.8, 4) is 6.07 Å². The summed E-state index contributed by atoms with van der Waals surface area (Å²) >= 11 is 1.47. The molecule has 1 N–H and O–H groups in total. The normalized spacial score (nSPS) is 15.1. The molecule has 1 rings (SSSR count). The van der Waals surface area contributed by atoms with Gasteiger partial charge in [-0.25, -0.2) is 18.1 Å². The van der Waals surface area contributed by atoms with E-state index in [1.165, 1.54) is 11.3 Å². The van der Waals surface area contributed by atoms with Gasteiger partial charge in [0.05, 0.1) is 22.8 Å². The van der Waals surface area contributed by atoms with Crippen LogP contribution >= 0.6 is 11.3 Å². The quantitative estimate of drug-likeness (QED) is 0.898. The zero-order chi connectivity index (χ0) is 13.9. The van der Waals surface area contributed by atoms with E-state index in [1.807, 2.05) is 13.8 Å². The van der Waals surface area contributed by atoms with E-state index < -0.39 is 15.3 Å². The van der Waals surface area contributed by atoms with Gasteiger partial charge < -0.3 is 0 Å². The number of sulfonamides is 1. The van der Waals surface area contributed by atoms with E-state index in [4.69, 9.17) is 5.26 Å². The van der Waals surface area contributed by atoms with Gasteiger partial charge in [-0.2, -0.15) is 5.26 Å². The van der Waals surface area contributed by atoms with Crippen LogP contribution in [0.5, 0.6) is 0 Å². The molecule has 2 unspecified atom stereocenters. The summed E-state index contributed by atoms with van der Waals surface area (Å²) in [5, 5.41) is 8.72. The molecule has 0 aliphatic rings. The molecule has 100 valence electrons. The average Bonchev–Trinajstić information content (AvgIpc) is 2.58. The second kappa shape index (κ2) is 5.78. The van der Waals surface area contributed by atoms with Crippen molar-refractivity contribution in [1.29, 1.82) is 5.26 Å². The first-order valence-electron chi connectivity index (χ1n) is 5.66. The number of hydrogen-bond acceptors (Lipinski definition) is 5. The van der Waals surface area contributed by atoms with E-state index in [0.29, 0.717) is 0 Å². The number of aryl methyl sites for hydroxylation is 2. The first-order chi connectivity index (χ1) is 8.31. The van der Waals surface area contributed by atoms with Gasteiger partial charge in [0.2, 0.25) is 10.0 Å². The summed E-state index contributed by atoms with van der Waals surface area (Å²) in [6.07, 6.45) is 0.277. The molecule has 1 aromatic heterocycles. The number of rotatable bonds is 5. The highest BCUT2D eigenvalue weighted by Crippen LogP contribution is 2.25. The van der Waals surface area contributed by atoms with Crippen molar-refractivity contribution in [3.63, 3.8) is 0 Å². The van der Waals surface area contributed by atoms with Crippen molar-refractivity contribution in [1.82, 2.24) is 9.71 Å². The van der Waals surface area contributed by atoms with E-state index >= 15 is 0 Å². The Bertz CT molecular complexity index is 557. The molecule has 0 fully saturated rings. The maximum absolute atomic E-state index is 11.9. The molecule has 0 aliphatic carbocycles. The fourth-order valence-corrected chi connectivity index (χ4v) is 4.07. The van der Waals surface area contributed by atoms with E-state index in [0.717, 1.165) is 15.6 Å². The van der Waals surface area contributed by atoms with Gasteiger partial charge >= 0.3 is 0 Å². The Morgan fingerprint density at radius 2 is 2.11 bits per heavy atom. The molecule has 0 saturated heterocycles. The number of nitrogens with zero attached hydrogens (tertiary/aromatic N) is 2. The Morgan fingerprint density at radius 1 is 1.50 bits per heavy atom. The lowest BCUT2D eigenvalue weighted by Gasteiger charge is -2.15. The fourth-order valence-electron chi connectivity index (χ4n) is 1.71. The molecule has 18 heavy (non-hydrogen) atoms. The first kappa shape index (κ1) is 15.1. The lowest BCUT2D eigenvalue weighted by Crippen LogP contribution is -2.34. The molecule has 0 aliphatic heterocycles. The summed E-state index contributed by atoms with van der Waals surface area (Å²) in [5.41, 5.74) is 0.831. The van der Waals surface area contributed by atoms with Crippen LogP contribution in [0.3, 0.4) is 0 Å². The van der Waals surface area contributed by atoms with Crippen LogP contribution in [0.25, 0.3) is 0 Å². The van der Waals surface area contributed by atoms with Crippen LogP contribution < -0.4 is 4.72 Å². The zero-order valence-corrected chi connectivity index (χ0v) is 12.5. The van der Waals surface area contributed by atoms with Crippen LogP contribution in [0.2, 0.25) is 0 Å². The van der Waals surface area contributed by atoms with Gasteiger partial charge in [0.25, 0.3) is 0 Å². The summed E-state index contributed by atoms with van der Waals surface area (Å²) in [6, 6.07) is 1.45. The summed E-state index contributed by atoms with van der Waals surface area (Å²) < 4.78 is 26.4. The zero-order valence-electron chi connectivity index (χ0n) is 10.9. The highest BCUT2D eigenvalue weighted by Gasteiger charge is 2.26. The Hall–Kier alpha value is -0.970. The van der Waals surface area contributed by atoms with E-state index in [1.54, 1.807) is 19.9 Å². The van der Waals surface area contributed by atoms with Gasteiger partial charge in [0.1, 0.15) is 0 Å². The van der Waals surface area contributed by atoms with Crippen LogP contribution in [-0.4, -0.2) is 18.7 Å². The van der Waals surface area contributed by atoms with E-state index in [-0.39, 0.29) is 12.5 Å². The minimum atomic E-state index is -3.61. The van der Waals surface area contributed by atoms with Crippen molar-refractivity contribution >= 4 is 21.4 Å². The van der Waals surface area contributed by atoms with Crippen molar-refractivity contribution in [2.75, 3.05) is 0 Å². The van der Waals surface area contributed by atoms with Crippen LogP contribution in [0.1, 0.15) is 41.9 Å². The summed E-state index contributed by atoms with van der Waals surface area (Å²) in [4.78, 5) is 5.16. The lowest BCUT2D eigenvalue weighted by molar-refractivity contribution is 0.559. The van der Waals surface area contributed by atoms with Gasteiger partial charge in [0.15, 0.2) is 5.25 Å². The summed E-state index contributed by atoms with van der Waals surface area (Å²) in [6.45, 7) is 7.18. The Kier molecular flexibility index (Phi) is 4.85. The molecule has 2 atom stereocenters. The molecule has 1 heterocycles. The van der Waals surface area contributed by atoms with Crippen LogP contribution in [0.4, 0.5) is 0 Å². The highest BCUT2D eigenvalue weighted by molar-refractivity contribution is 7.90. The number of aromatic nitrogens is 1. The van der Waals surface area contributed by atoms with Crippen LogP contribution in [0, 0.1) is 25.2 Å². The van der Waals surface area contributed by atoms with Gasteiger partial charge in [-0.05, 0) is 27.2 Å². The monoisotopic (exact) mass is 287 g/mol. The molecule has 0 aromatic carbocycles. The van der Waals surface area contributed by atoms with Crippen molar-refractivity contribution in [2.24, 2.45) is 0 Å². The second-order valence-corrected chi connectivity index (χ2v) is 7.22. The smallest absolute Gasteiger partial charge is 0.228 e. The maximum Gasteiger partial charge on any atom is 0.228 e. The van der Waals surface area contributed by atoms with Crippen molar-refractivity contribution in [2.45, 2.75) is 45.4 Å². The number of thiazole rings is 1. The van der Waals surface area contributed by atoms with Crippen LogP contribution in [0.15, 0.2) is 0 Å². The minimum absolute atomic E-state index is 0.277. The molecular formula is C11H17N3O2S2. The summed E-state index contributed by atoms with van der Waals surface area (Å²) in [7, 11) is -3.61. The topological polar surface area (TPSA) is 82.8 Å². The number of hydrogen-bond donors (Lipinski definition) is 1. The Morgan fingerprint density at radius 3 is 2.50 bits per heavy atom. The number of nitrogens with one attached hydrogen (secondary N) is 1. The molecule has 0 amide bonds. The summed E-state index contributed by atoms with van der Waals surface area (Å²) in [5.74, 6) is 0. The predicted octanol–water partition coefficient (Wildman–Crippen LogP) is 2.04. The molecule has 0 saturated carbocycles. The standard InChI is InChI=1S/C11H17N3O2S2/c1-5-10(6-12)18(15,16)14-8(3)11-7(2)13-9(4)17-11/h8,10,14H,5H2,1-4H3. The third-order valence-electron chi connectivity index (χ3n) is 2.56. The first-order valence-corrected chi connectivity index (χ1v) is 8.02. The van der Waals surface area contributed by atoms with Crippen molar-refractivity contribution in [3.05, 3.63) is 15.6 Å². The van der Waals surface area contributed by atoms with Gasteiger partial charge in [-0.3, -0.25) is 0 Å². The van der Waals surface area contributed by atoms with Gasteiger partial charge in [-0.15, -0.1) is 11.3 Å². The molecule has 1 aromatic rings. The largest absolute Gasteiger partial charge is 0.247 e. The third kappa shape index (κ3) is 3.28. The molecule has 7 heteroatoms. The Labute approximate surface area is 112 Å². The fraction of sp³-hybridized carbons (Fsp3) is 0.636. The predicted molar refractivity (Wildman–Crippen MR) is 71.8 cm³/mol. The van der Waals surface area contributed by atoms with Gasteiger partial charge in [0, 0.05) is 4.88 Å². The molecule has 5 nitrogen and oxygen atoms in total. The van der Waals surface area contributed by atoms with Crippen molar-refractivity contribution < 1.29 is 8.42 Å². The molecular weight excluding hydrogens is 270 g/mol. The van der Waals surface area contributed by atoms with Crippen LogP contribution in [-0.2, 0) is 10.0 Å². The lowest BCUT2D eigenvalue weighted by atomic mass is 10.2. The minimum Gasteiger partial charge on any atom is -0.247 e. The van der Waals surface area contributed by atoms with E-state index in [9.17, 15) is 8.42 Å². The average molecular weight is 287 g/mol. The molecule has 0 bridgehead atoms. The Balaban J connectivity index is 2.92. The SMILES string of the molecule is CCC(C#N)S(=O)(=O)NC(C)c1sc(C)nc1C. The van der Waals surface area contributed by atoms with E-state index in [2.05, 4.69) is 9.71 Å². The molecule has 0 spiro atoms. The van der Waals surface area contributed by atoms with Gasteiger partial charge in [-0.1, -0.05) is 6.92 Å².